The van der Waals surface area contributed by atoms with Gasteiger partial charge in [0.2, 0.25) is 0 Å². The minimum absolute atomic E-state index is 0.289. The third-order valence-corrected chi connectivity index (χ3v) is 5.50. The molecular weight excluding hydrogens is 266 g/mol. The fourth-order valence-corrected chi connectivity index (χ4v) is 4.37. The van der Waals surface area contributed by atoms with Crippen molar-refractivity contribution in [2.24, 2.45) is 5.92 Å². The predicted octanol–water partition coefficient (Wildman–Crippen LogP) is 2.20. The second-order valence-electron chi connectivity index (χ2n) is 7.05. The molecule has 0 radical (unpaired) electrons. The highest BCUT2D eigenvalue weighted by atomic mass is 16.5. The van der Waals surface area contributed by atoms with Crippen molar-refractivity contribution in [1.82, 2.24) is 4.90 Å². The number of β-amino-alcohol motifs (C(OH)–C–C–N with tert-alkyl or cyclic N) is 1. The van der Waals surface area contributed by atoms with Gasteiger partial charge in [0.15, 0.2) is 0 Å². The summed E-state index contributed by atoms with van der Waals surface area (Å²) in [6, 6.07) is 0.727. The average molecular weight is 297 g/mol. The Morgan fingerprint density at radius 1 is 1.05 bits per heavy atom. The highest BCUT2D eigenvalue weighted by Gasteiger charge is 2.33. The third-order valence-electron chi connectivity index (χ3n) is 5.50. The van der Waals surface area contributed by atoms with E-state index >= 15 is 0 Å². The van der Waals surface area contributed by atoms with Gasteiger partial charge in [0.1, 0.15) is 0 Å². The van der Waals surface area contributed by atoms with Crippen molar-refractivity contribution in [3.63, 3.8) is 0 Å². The maximum atomic E-state index is 10.3. The van der Waals surface area contributed by atoms with Crippen LogP contribution in [0.25, 0.3) is 0 Å². The minimum atomic E-state index is -0.339. The van der Waals surface area contributed by atoms with E-state index in [0.717, 1.165) is 51.1 Å². The fraction of sp³-hybridized carbons (Fsp3) is 1.00. The lowest BCUT2D eigenvalue weighted by molar-refractivity contribution is -0.0710. The van der Waals surface area contributed by atoms with Gasteiger partial charge in [-0.15, -0.1) is 0 Å². The van der Waals surface area contributed by atoms with Crippen molar-refractivity contribution in [1.29, 1.82) is 0 Å². The minimum Gasteiger partial charge on any atom is -0.389 e. The lowest BCUT2D eigenvalue weighted by Crippen LogP contribution is -2.50. The van der Waals surface area contributed by atoms with Gasteiger partial charge in [-0.2, -0.15) is 0 Å². The number of piperidine rings is 1. The molecule has 0 aromatic heterocycles. The van der Waals surface area contributed by atoms with Crippen LogP contribution in [0, 0.1) is 5.92 Å². The summed E-state index contributed by atoms with van der Waals surface area (Å²) in [4.78, 5) is 2.55. The van der Waals surface area contributed by atoms with Gasteiger partial charge >= 0.3 is 0 Å². The van der Waals surface area contributed by atoms with Gasteiger partial charge in [-0.25, -0.2) is 0 Å². The van der Waals surface area contributed by atoms with E-state index in [1.54, 1.807) is 0 Å². The first-order valence-corrected chi connectivity index (χ1v) is 8.94. The molecule has 3 aliphatic rings. The first-order valence-electron chi connectivity index (χ1n) is 8.94. The van der Waals surface area contributed by atoms with Crippen LogP contribution in [0.3, 0.4) is 0 Å². The molecule has 122 valence electrons. The fourth-order valence-electron chi connectivity index (χ4n) is 4.37. The molecule has 1 saturated carbocycles. The highest BCUT2D eigenvalue weighted by molar-refractivity contribution is 4.88. The molecule has 1 N–H and O–H groups in total. The summed E-state index contributed by atoms with van der Waals surface area (Å²) in [6.07, 6.45) is 10.1. The number of hydrogen-bond acceptors (Lipinski definition) is 4. The quantitative estimate of drug-likeness (QED) is 0.845. The van der Waals surface area contributed by atoms with Gasteiger partial charge in [-0.1, -0.05) is 12.8 Å². The van der Waals surface area contributed by atoms with E-state index in [1.165, 1.54) is 38.5 Å². The van der Waals surface area contributed by atoms with Gasteiger partial charge < -0.3 is 14.6 Å². The zero-order valence-electron chi connectivity index (χ0n) is 13.2. The third kappa shape index (κ3) is 4.41. The SMILES string of the molecule is OC(COC1CCOCC1)CN1CCCC2CCCCC21. The van der Waals surface area contributed by atoms with Crippen molar-refractivity contribution in [2.45, 2.75) is 69.6 Å². The standard InChI is InChI=1S/C17H31NO3/c19-15(13-21-16-7-10-20-11-8-16)12-18-9-3-5-14-4-1-2-6-17(14)18/h14-17,19H,1-13H2. The van der Waals surface area contributed by atoms with Gasteiger partial charge in [0, 0.05) is 25.8 Å². The molecule has 3 atom stereocenters. The molecule has 3 rings (SSSR count). The molecule has 2 saturated heterocycles. The number of aliphatic hydroxyl groups excluding tert-OH is 1. The van der Waals surface area contributed by atoms with Crippen molar-refractivity contribution in [3.05, 3.63) is 0 Å². The van der Waals surface area contributed by atoms with Crippen LogP contribution in [0.15, 0.2) is 0 Å². The molecule has 4 nitrogen and oxygen atoms in total. The van der Waals surface area contributed by atoms with E-state index in [4.69, 9.17) is 9.47 Å². The summed E-state index contributed by atoms with van der Waals surface area (Å²) in [5, 5.41) is 10.3. The molecule has 0 aromatic carbocycles. The molecule has 2 heterocycles. The lowest BCUT2D eigenvalue weighted by Gasteiger charge is -2.44. The Bertz CT molecular complexity index is 304. The van der Waals surface area contributed by atoms with E-state index < -0.39 is 0 Å². The number of hydrogen-bond donors (Lipinski definition) is 1. The molecule has 0 amide bonds. The zero-order valence-corrected chi connectivity index (χ0v) is 13.2. The molecule has 3 fully saturated rings. The van der Waals surface area contributed by atoms with E-state index in [1.807, 2.05) is 0 Å². The van der Waals surface area contributed by atoms with E-state index in [2.05, 4.69) is 4.90 Å². The number of rotatable bonds is 5. The van der Waals surface area contributed by atoms with Crippen LogP contribution < -0.4 is 0 Å². The molecule has 2 aliphatic heterocycles. The Labute approximate surface area is 128 Å². The Morgan fingerprint density at radius 2 is 1.81 bits per heavy atom. The van der Waals surface area contributed by atoms with Gasteiger partial charge in [0.05, 0.1) is 18.8 Å². The summed E-state index contributed by atoms with van der Waals surface area (Å²) < 4.78 is 11.2. The van der Waals surface area contributed by atoms with E-state index in [9.17, 15) is 5.11 Å². The summed E-state index contributed by atoms with van der Waals surface area (Å²) >= 11 is 0. The summed E-state index contributed by atoms with van der Waals surface area (Å²) in [7, 11) is 0. The maximum absolute atomic E-state index is 10.3. The predicted molar refractivity (Wildman–Crippen MR) is 82.4 cm³/mol. The van der Waals surface area contributed by atoms with E-state index in [0.29, 0.717) is 6.61 Å². The van der Waals surface area contributed by atoms with Gasteiger partial charge in [-0.05, 0) is 51.0 Å². The Kier molecular flexibility index (Phi) is 5.92. The average Bonchev–Trinajstić information content (AvgIpc) is 2.54. The van der Waals surface area contributed by atoms with Crippen molar-refractivity contribution < 1.29 is 14.6 Å². The topological polar surface area (TPSA) is 41.9 Å². The summed E-state index contributed by atoms with van der Waals surface area (Å²) in [6.45, 7) is 4.05. The van der Waals surface area contributed by atoms with E-state index in [-0.39, 0.29) is 12.2 Å². The lowest BCUT2D eigenvalue weighted by atomic mass is 9.78. The van der Waals surface area contributed by atoms with Gasteiger partial charge in [0.25, 0.3) is 0 Å². The van der Waals surface area contributed by atoms with Crippen LogP contribution >= 0.6 is 0 Å². The van der Waals surface area contributed by atoms with Crippen molar-refractivity contribution in [2.75, 3.05) is 32.9 Å². The Hall–Kier alpha value is -0.160. The molecule has 1 aliphatic carbocycles. The first kappa shape index (κ1) is 15.7. The Morgan fingerprint density at radius 3 is 2.67 bits per heavy atom. The molecular formula is C17H31NO3. The van der Waals surface area contributed by atoms with Crippen molar-refractivity contribution in [3.8, 4) is 0 Å². The smallest absolute Gasteiger partial charge is 0.0900 e. The molecule has 0 bridgehead atoms. The van der Waals surface area contributed by atoms with Crippen LogP contribution in [-0.4, -0.2) is 61.2 Å². The van der Waals surface area contributed by atoms with Crippen LogP contribution in [0.2, 0.25) is 0 Å². The molecule has 0 aromatic rings. The van der Waals surface area contributed by atoms with Crippen LogP contribution in [0.5, 0.6) is 0 Å². The molecule has 3 unspecified atom stereocenters. The number of aliphatic hydroxyl groups is 1. The highest BCUT2D eigenvalue weighted by Crippen LogP contribution is 2.35. The Balaban J connectivity index is 1.41. The summed E-state index contributed by atoms with van der Waals surface area (Å²) in [5.74, 6) is 0.885. The van der Waals surface area contributed by atoms with Crippen LogP contribution in [0.4, 0.5) is 0 Å². The molecule has 0 spiro atoms. The zero-order chi connectivity index (χ0) is 14.5. The number of ether oxygens (including phenoxy) is 2. The maximum Gasteiger partial charge on any atom is 0.0900 e. The largest absolute Gasteiger partial charge is 0.389 e. The normalized spacial score (nSPS) is 33.6. The number of nitrogens with zero attached hydrogens (tertiary/aromatic N) is 1. The van der Waals surface area contributed by atoms with Crippen molar-refractivity contribution >= 4 is 0 Å². The number of fused-ring (bicyclic) bond motifs is 1. The van der Waals surface area contributed by atoms with Gasteiger partial charge in [-0.3, -0.25) is 4.90 Å². The van der Waals surface area contributed by atoms with Crippen LogP contribution in [-0.2, 0) is 9.47 Å². The van der Waals surface area contributed by atoms with Crippen LogP contribution in [0.1, 0.15) is 51.4 Å². The molecule has 4 heteroatoms. The second-order valence-corrected chi connectivity index (χ2v) is 7.05. The summed E-state index contributed by atoms with van der Waals surface area (Å²) in [5.41, 5.74) is 0. The molecule has 21 heavy (non-hydrogen) atoms. The second kappa shape index (κ2) is 7.91. The number of likely N-dealkylation sites (tertiary alicyclic amines) is 1. The monoisotopic (exact) mass is 297 g/mol. The first-order chi connectivity index (χ1) is 10.3.